The molecule has 0 bridgehead atoms. The molecule has 0 saturated carbocycles. The van der Waals surface area contributed by atoms with Crippen LogP contribution in [0, 0.1) is 5.41 Å². The summed E-state index contributed by atoms with van der Waals surface area (Å²) >= 11 is 0. The third-order valence-electron chi connectivity index (χ3n) is 5.71. The lowest BCUT2D eigenvalue weighted by molar-refractivity contribution is -0.143. The number of fused-ring (bicyclic) bond motifs is 1. The number of benzene rings is 1. The zero-order chi connectivity index (χ0) is 19.9. The summed E-state index contributed by atoms with van der Waals surface area (Å²) in [4.78, 5) is 14.9. The van der Waals surface area contributed by atoms with Gasteiger partial charge in [0.1, 0.15) is 11.5 Å². The smallest absolute Gasteiger partial charge is 0.360 e. The molecule has 1 aromatic carbocycles. The molecule has 0 unspecified atom stereocenters. The molecule has 2 aliphatic rings. The van der Waals surface area contributed by atoms with Crippen LogP contribution in [0.4, 0.5) is 13.2 Å². The number of amides is 1. The average Bonchev–Trinajstić information content (AvgIpc) is 3.10. The Hall–Kier alpha value is -2.35. The van der Waals surface area contributed by atoms with E-state index in [1.54, 1.807) is 0 Å². The van der Waals surface area contributed by atoms with E-state index in [0.717, 1.165) is 37.1 Å². The second-order valence-corrected chi connectivity index (χ2v) is 7.83. The SMILES string of the molecule is C[C@]1(C(=O)N2CCc3onc(-c4ccc(C(F)(F)F)cc4)c3C2)CCCNC1. The molecule has 1 amide bonds. The quantitative estimate of drug-likeness (QED) is 0.847. The molecule has 8 heteroatoms. The van der Waals surface area contributed by atoms with Crippen molar-refractivity contribution < 1.29 is 22.5 Å². The molecule has 1 N–H and O–H groups in total. The van der Waals surface area contributed by atoms with Gasteiger partial charge in [0, 0.05) is 30.6 Å². The van der Waals surface area contributed by atoms with Crippen LogP contribution in [0.5, 0.6) is 0 Å². The van der Waals surface area contributed by atoms with Crippen molar-refractivity contribution in [3.63, 3.8) is 0 Å². The molecular formula is C20H22F3N3O2. The summed E-state index contributed by atoms with van der Waals surface area (Å²) in [6.07, 6.45) is -2.02. The van der Waals surface area contributed by atoms with Crippen LogP contribution in [0.25, 0.3) is 11.3 Å². The summed E-state index contributed by atoms with van der Waals surface area (Å²) in [5.41, 5.74) is 0.711. The number of carbonyl (C=O) groups is 1. The van der Waals surface area contributed by atoms with Crippen LogP contribution >= 0.6 is 0 Å². The molecule has 1 aromatic heterocycles. The number of carbonyl (C=O) groups excluding carboxylic acids is 1. The minimum absolute atomic E-state index is 0.102. The van der Waals surface area contributed by atoms with Gasteiger partial charge in [-0.25, -0.2) is 0 Å². The molecule has 0 spiro atoms. The lowest BCUT2D eigenvalue weighted by Crippen LogP contribution is -2.51. The Morgan fingerprint density at radius 1 is 1.29 bits per heavy atom. The fraction of sp³-hybridized carbons (Fsp3) is 0.500. The standard InChI is InChI=1S/C20H22F3N3O2/c1-19(8-2-9-24-12-19)18(27)26-10-7-16-15(11-26)17(25-28-16)13-3-5-14(6-4-13)20(21,22)23/h3-6,24H,2,7-12H2,1H3/t19-/m0/s1. The van der Waals surface area contributed by atoms with Crippen LogP contribution in [0.2, 0.25) is 0 Å². The molecule has 1 atom stereocenters. The van der Waals surface area contributed by atoms with Crippen LogP contribution in [0.15, 0.2) is 28.8 Å². The number of aromatic nitrogens is 1. The molecule has 0 aliphatic carbocycles. The Kier molecular flexibility index (Phi) is 4.69. The fourth-order valence-electron chi connectivity index (χ4n) is 4.05. The van der Waals surface area contributed by atoms with Crippen molar-refractivity contribution in [2.45, 2.75) is 38.9 Å². The van der Waals surface area contributed by atoms with Crippen molar-refractivity contribution in [1.29, 1.82) is 0 Å². The maximum atomic E-state index is 13.1. The number of nitrogens with one attached hydrogen (secondary N) is 1. The van der Waals surface area contributed by atoms with Crippen LogP contribution < -0.4 is 5.32 Å². The first-order valence-electron chi connectivity index (χ1n) is 9.43. The number of rotatable bonds is 2. The van der Waals surface area contributed by atoms with E-state index >= 15 is 0 Å². The summed E-state index contributed by atoms with van der Waals surface area (Å²) in [6, 6.07) is 4.87. The fourth-order valence-corrected chi connectivity index (χ4v) is 4.05. The Balaban J connectivity index is 1.58. The van der Waals surface area contributed by atoms with Crippen LogP contribution in [-0.4, -0.2) is 35.6 Å². The normalized spacial score (nSPS) is 22.8. The lowest BCUT2D eigenvalue weighted by atomic mass is 9.81. The van der Waals surface area contributed by atoms with Gasteiger partial charge in [0.05, 0.1) is 17.5 Å². The van der Waals surface area contributed by atoms with E-state index in [1.807, 2.05) is 11.8 Å². The maximum Gasteiger partial charge on any atom is 0.416 e. The monoisotopic (exact) mass is 393 g/mol. The number of alkyl halides is 3. The third-order valence-corrected chi connectivity index (χ3v) is 5.71. The number of hydrogen-bond acceptors (Lipinski definition) is 4. The molecule has 28 heavy (non-hydrogen) atoms. The van der Waals surface area contributed by atoms with Crippen molar-refractivity contribution in [3.05, 3.63) is 41.2 Å². The van der Waals surface area contributed by atoms with Gasteiger partial charge in [-0.2, -0.15) is 13.2 Å². The van der Waals surface area contributed by atoms with Gasteiger partial charge in [-0.15, -0.1) is 0 Å². The van der Waals surface area contributed by atoms with Crippen molar-refractivity contribution in [3.8, 4) is 11.3 Å². The summed E-state index contributed by atoms with van der Waals surface area (Å²) in [5.74, 6) is 0.802. The highest BCUT2D eigenvalue weighted by atomic mass is 19.4. The van der Waals surface area contributed by atoms with Gasteiger partial charge >= 0.3 is 6.18 Å². The third kappa shape index (κ3) is 3.41. The predicted molar refractivity (Wildman–Crippen MR) is 96.3 cm³/mol. The molecule has 0 radical (unpaired) electrons. The zero-order valence-electron chi connectivity index (χ0n) is 15.6. The number of hydrogen-bond donors (Lipinski definition) is 1. The summed E-state index contributed by atoms with van der Waals surface area (Å²) in [6.45, 7) is 4.50. The predicted octanol–water partition coefficient (Wildman–Crippen LogP) is 3.63. The Bertz CT molecular complexity index is 868. The Morgan fingerprint density at radius 3 is 2.68 bits per heavy atom. The lowest BCUT2D eigenvalue weighted by Gasteiger charge is -2.38. The molecule has 3 heterocycles. The molecule has 4 rings (SSSR count). The summed E-state index contributed by atoms with van der Waals surface area (Å²) < 4.78 is 43.8. The first-order valence-corrected chi connectivity index (χ1v) is 9.43. The maximum absolute atomic E-state index is 13.1. The van der Waals surface area contributed by atoms with E-state index < -0.39 is 17.2 Å². The molecule has 1 saturated heterocycles. The van der Waals surface area contributed by atoms with Gasteiger partial charge in [-0.1, -0.05) is 17.3 Å². The first-order chi connectivity index (χ1) is 13.3. The second kappa shape index (κ2) is 6.92. The molecule has 1 fully saturated rings. The van der Waals surface area contributed by atoms with E-state index in [1.165, 1.54) is 12.1 Å². The number of nitrogens with zero attached hydrogens (tertiary/aromatic N) is 2. The highest BCUT2D eigenvalue weighted by Gasteiger charge is 2.39. The highest BCUT2D eigenvalue weighted by molar-refractivity contribution is 5.83. The van der Waals surface area contributed by atoms with Crippen molar-refractivity contribution >= 4 is 5.91 Å². The Labute approximate surface area is 160 Å². The van der Waals surface area contributed by atoms with Crippen LogP contribution in [0.3, 0.4) is 0 Å². The van der Waals surface area contributed by atoms with Gasteiger partial charge in [0.15, 0.2) is 0 Å². The van der Waals surface area contributed by atoms with E-state index in [9.17, 15) is 18.0 Å². The molecule has 5 nitrogen and oxygen atoms in total. The van der Waals surface area contributed by atoms with Crippen molar-refractivity contribution in [2.75, 3.05) is 19.6 Å². The second-order valence-electron chi connectivity index (χ2n) is 7.83. The van der Waals surface area contributed by atoms with E-state index in [-0.39, 0.29) is 5.91 Å². The minimum atomic E-state index is -4.38. The van der Waals surface area contributed by atoms with E-state index in [0.29, 0.717) is 43.1 Å². The van der Waals surface area contributed by atoms with Gasteiger partial charge in [-0.05, 0) is 38.4 Å². The minimum Gasteiger partial charge on any atom is -0.360 e. The van der Waals surface area contributed by atoms with Gasteiger partial charge < -0.3 is 14.7 Å². The van der Waals surface area contributed by atoms with E-state index in [4.69, 9.17) is 4.52 Å². The van der Waals surface area contributed by atoms with Crippen LogP contribution in [0.1, 0.15) is 36.7 Å². The van der Waals surface area contributed by atoms with Crippen LogP contribution in [-0.2, 0) is 23.9 Å². The largest absolute Gasteiger partial charge is 0.416 e. The Morgan fingerprint density at radius 2 is 2.04 bits per heavy atom. The number of piperidine rings is 1. The topological polar surface area (TPSA) is 58.4 Å². The highest BCUT2D eigenvalue weighted by Crippen LogP contribution is 2.35. The van der Waals surface area contributed by atoms with E-state index in [2.05, 4.69) is 10.5 Å². The molecule has 2 aromatic rings. The number of halogens is 3. The molecule has 2 aliphatic heterocycles. The van der Waals surface area contributed by atoms with Crippen molar-refractivity contribution in [1.82, 2.24) is 15.4 Å². The summed E-state index contributed by atoms with van der Waals surface area (Å²) in [7, 11) is 0. The van der Waals surface area contributed by atoms with Crippen molar-refractivity contribution in [2.24, 2.45) is 5.41 Å². The van der Waals surface area contributed by atoms with Gasteiger partial charge in [-0.3, -0.25) is 4.79 Å². The average molecular weight is 393 g/mol. The molecular weight excluding hydrogens is 371 g/mol. The zero-order valence-corrected chi connectivity index (χ0v) is 15.6. The first kappa shape index (κ1) is 19.0. The van der Waals surface area contributed by atoms with Gasteiger partial charge in [0.2, 0.25) is 5.91 Å². The summed E-state index contributed by atoms with van der Waals surface area (Å²) in [5, 5.41) is 7.37. The molecule has 150 valence electrons. The van der Waals surface area contributed by atoms with Gasteiger partial charge in [0.25, 0.3) is 0 Å².